The van der Waals surface area contributed by atoms with Gasteiger partial charge in [-0.3, -0.25) is 14.6 Å². The van der Waals surface area contributed by atoms with E-state index in [0.717, 1.165) is 40.7 Å². The quantitative estimate of drug-likeness (QED) is 0.486. The van der Waals surface area contributed by atoms with Gasteiger partial charge in [0.05, 0.1) is 19.3 Å². The highest BCUT2D eigenvalue weighted by Crippen LogP contribution is 2.50. The number of β-amino-alcohol motifs (C(OH)–C–C–N with tert-alkyl or cyclic N) is 1. The standard InChI is InChI=1S/C28H30F3N3O4/c1-37-27(36)25-14-21-20-4-2-3-5-22(20)32-26(21)24-13-17(33-11-10-18(35)15-33)12-23(34(24)25)16-6-8-19(9-7-16)38-28(29,30)31/h2-9,17-18,23-25,32,35H,10-15H2,1H3/t17-,18-,23+,24+,25+/m1/s1. The third kappa shape index (κ3) is 4.54. The highest BCUT2D eigenvalue weighted by molar-refractivity contribution is 5.87. The number of nitrogens with one attached hydrogen (secondary N) is 1. The van der Waals surface area contributed by atoms with Crippen molar-refractivity contribution < 1.29 is 32.5 Å². The first-order chi connectivity index (χ1) is 18.2. The zero-order chi connectivity index (χ0) is 26.6. The van der Waals surface area contributed by atoms with Crippen molar-refractivity contribution in [3.05, 3.63) is 65.4 Å². The van der Waals surface area contributed by atoms with Crippen LogP contribution < -0.4 is 4.74 Å². The first-order valence-electron chi connectivity index (χ1n) is 12.9. The molecular formula is C28H30F3N3O4. The largest absolute Gasteiger partial charge is 0.573 e. The van der Waals surface area contributed by atoms with Crippen LogP contribution in [-0.2, 0) is 16.0 Å². The molecule has 3 aromatic rings. The maximum Gasteiger partial charge on any atom is 0.573 e. The number of fused-ring (bicyclic) bond motifs is 5. The number of piperidine rings is 1. The summed E-state index contributed by atoms with van der Waals surface area (Å²) in [5.41, 5.74) is 3.99. The summed E-state index contributed by atoms with van der Waals surface area (Å²) < 4.78 is 47.7. The topological polar surface area (TPSA) is 78.0 Å². The minimum Gasteiger partial charge on any atom is -0.468 e. The summed E-state index contributed by atoms with van der Waals surface area (Å²) in [4.78, 5) is 21.3. The molecule has 7 nitrogen and oxygen atoms in total. The Bertz CT molecular complexity index is 1330. The number of ether oxygens (including phenoxy) is 2. The van der Waals surface area contributed by atoms with Crippen LogP contribution in [0.3, 0.4) is 0 Å². The molecule has 38 heavy (non-hydrogen) atoms. The van der Waals surface area contributed by atoms with Crippen LogP contribution >= 0.6 is 0 Å². The normalized spacial score (nSPS) is 28.2. The van der Waals surface area contributed by atoms with Gasteiger partial charge in [0, 0.05) is 48.2 Å². The third-order valence-corrected chi connectivity index (χ3v) is 8.33. The third-order valence-electron chi connectivity index (χ3n) is 8.33. The molecule has 0 saturated carbocycles. The van der Waals surface area contributed by atoms with Crippen LogP contribution in [0.5, 0.6) is 5.75 Å². The second-order valence-electron chi connectivity index (χ2n) is 10.5. The Labute approximate surface area is 218 Å². The van der Waals surface area contributed by atoms with E-state index in [0.29, 0.717) is 25.8 Å². The van der Waals surface area contributed by atoms with E-state index < -0.39 is 12.4 Å². The summed E-state index contributed by atoms with van der Waals surface area (Å²) in [5.74, 6) is -0.614. The van der Waals surface area contributed by atoms with Gasteiger partial charge in [0.15, 0.2) is 0 Å². The molecule has 10 heteroatoms. The van der Waals surface area contributed by atoms with Crippen LogP contribution in [0.2, 0.25) is 0 Å². The number of methoxy groups -OCH3 is 1. The molecule has 3 aliphatic rings. The molecule has 0 spiro atoms. The first kappa shape index (κ1) is 25.2. The second-order valence-corrected chi connectivity index (χ2v) is 10.5. The predicted molar refractivity (Wildman–Crippen MR) is 133 cm³/mol. The molecule has 4 heterocycles. The number of hydrogen-bond donors (Lipinski definition) is 2. The van der Waals surface area contributed by atoms with E-state index in [1.165, 1.54) is 19.2 Å². The Balaban J connectivity index is 1.44. The van der Waals surface area contributed by atoms with E-state index in [1.54, 1.807) is 12.1 Å². The van der Waals surface area contributed by atoms with Crippen LogP contribution in [0.15, 0.2) is 48.5 Å². The maximum atomic E-state index is 13.2. The number of carbonyl (C=O) groups is 1. The highest BCUT2D eigenvalue weighted by atomic mass is 19.4. The summed E-state index contributed by atoms with van der Waals surface area (Å²) in [7, 11) is 1.39. The molecule has 0 unspecified atom stereocenters. The molecule has 202 valence electrons. The van der Waals surface area contributed by atoms with Gasteiger partial charge in [-0.1, -0.05) is 30.3 Å². The van der Waals surface area contributed by atoms with Gasteiger partial charge in [0.25, 0.3) is 0 Å². The molecule has 0 radical (unpaired) electrons. The number of nitrogens with zero attached hydrogens (tertiary/aromatic N) is 2. The SMILES string of the molecule is COC(=O)[C@@H]1Cc2c([nH]c3ccccc23)[C@@H]2C[C@H](N3CC[C@@H](O)C3)C[C@@H](c3ccc(OC(F)(F)F)cc3)N12. The van der Waals surface area contributed by atoms with E-state index >= 15 is 0 Å². The fraction of sp³-hybridized carbons (Fsp3) is 0.464. The van der Waals surface area contributed by atoms with Gasteiger partial charge in [-0.25, -0.2) is 0 Å². The molecule has 2 fully saturated rings. The minimum absolute atomic E-state index is 0.125. The zero-order valence-corrected chi connectivity index (χ0v) is 20.9. The van der Waals surface area contributed by atoms with Crippen molar-refractivity contribution in [3.8, 4) is 5.75 Å². The molecule has 2 N–H and O–H groups in total. The number of para-hydroxylation sites is 1. The highest BCUT2D eigenvalue weighted by Gasteiger charge is 2.49. The van der Waals surface area contributed by atoms with E-state index in [-0.39, 0.29) is 35.9 Å². The maximum absolute atomic E-state index is 13.2. The number of alkyl halides is 3. The lowest BCUT2D eigenvalue weighted by atomic mass is 9.79. The van der Waals surface area contributed by atoms with Gasteiger partial charge in [0.2, 0.25) is 0 Å². The number of carbonyl (C=O) groups excluding carboxylic acids is 1. The molecule has 6 rings (SSSR count). The minimum atomic E-state index is -4.77. The van der Waals surface area contributed by atoms with Crippen LogP contribution in [-0.4, -0.2) is 70.6 Å². The molecular weight excluding hydrogens is 499 g/mol. The van der Waals surface area contributed by atoms with Crippen LogP contribution in [0, 0.1) is 0 Å². The van der Waals surface area contributed by atoms with Crippen LogP contribution in [0.25, 0.3) is 10.9 Å². The van der Waals surface area contributed by atoms with Crippen molar-refractivity contribution >= 4 is 16.9 Å². The summed E-state index contributed by atoms with van der Waals surface area (Å²) in [6.45, 7) is 1.37. The Morgan fingerprint density at radius 1 is 1.08 bits per heavy atom. The average molecular weight is 530 g/mol. The fourth-order valence-corrected chi connectivity index (χ4v) is 6.74. The van der Waals surface area contributed by atoms with E-state index in [9.17, 15) is 23.1 Å². The first-order valence-corrected chi connectivity index (χ1v) is 12.9. The summed E-state index contributed by atoms with van der Waals surface area (Å²) >= 11 is 0. The molecule has 0 aliphatic carbocycles. The Morgan fingerprint density at radius 3 is 2.50 bits per heavy atom. The van der Waals surface area contributed by atoms with Gasteiger partial charge in [-0.2, -0.15) is 0 Å². The second kappa shape index (κ2) is 9.59. The van der Waals surface area contributed by atoms with Crippen molar-refractivity contribution in [2.75, 3.05) is 20.2 Å². The Hall–Kier alpha value is -3.08. The molecule has 0 bridgehead atoms. The van der Waals surface area contributed by atoms with Crippen LogP contribution in [0.4, 0.5) is 13.2 Å². The Kier molecular flexibility index (Phi) is 6.36. The van der Waals surface area contributed by atoms with Crippen molar-refractivity contribution in [1.82, 2.24) is 14.8 Å². The number of halogens is 3. The lowest BCUT2D eigenvalue weighted by Gasteiger charge is -2.52. The van der Waals surface area contributed by atoms with Crippen molar-refractivity contribution in [3.63, 3.8) is 0 Å². The number of esters is 1. The smallest absolute Gasteiger partial charge is 0.468 e. The molecule has 5 atom stereocenters. The number of likely N-dealkylation sites (tertiary alicyclic amines) is 1. The van der Waals surface area contributed by atoms with E-state index in [4.69, 9.17) is 4.74 Å². The fourth-order valence-electron chi connectivity index (χ4n) is 6.74. The molecule has 2 saturated heterocycles. The lowest BCUT2D eigenvalue weighted by molar-refractivity contribution is -0.274. The van der Waals surface area contributed by atoms with Gasteiger partial charge >= 0.3 is 12.3 Å². The van der Waals surface area contributed by atoms with E-state index in [2.05, 4.69) is 25.6 Å². The summed E-state index contributed by atoms with van der Waals surface area (Å²) in [6.07, 6.45) is -2.53. The number of aromatic amines is 1. The monoisotopic (exact) mass is 529 g/mol. The van der Waals surface area contributed by atoms with Gasteiger partial charge in [-0.15, -0.1) is 13.2 Å². The molecule has 0 amide bonds. The number of aliphatic hydroxyl groups is 1. The van der Waals surface area contributed by atoms with Crippen LogP contribution in [0.1, 0.15) is 48.2 Å². The van der Waals surface area contributed by atoms with Crippen molar-refractivity contribution in [2.24, 2.45) is 0 Å². The average Bonchev–Trinajstić information content (AvgIpc) is 3.50. The van der Waals surface area contributed by atoms with Gasteiger partial charge < -0.3 is 19.6 Å². The Morgan fingerprint density at radius 2 is 1.82 bits per heavy atom. The van der Waals surface area contributed by atoms with E-state index in [1.807, 2.05) is 18.2 Å². The number of hydrogen-bond acceptors (Lipinski definition) is 6. The van der Waals surface area contributed by atoms with Gasteiger partial charge in [0.1, 0.15) is 11.8 Å². The number of rotatable bonds is 4. The summed E-state index contributed by atoms with van der Waals surface area (Å²) in [6, 6.07) is 13.2. The molecule has 3 aliphatic heterocycles. The number of benzene rings is 2. The number of H-pyrrole nitrogens is 1. The number of aliphatic hydroxyl groups excluding tert-OH is 1. The summed E-state index contributed by atoms with van der Waals surface area (Å²) in [5, 5.41) is 11.3. The zero-order valence-electron chi connectivity index (χ0n) is 20.9. The molecule has 1 aromatic heterocycles. The van der Waals surface area contributed by atoms with Gasteiger partial charge in [-0.05, 0) is 48.6 Å². The predicted octanol–water partition coefficient (Wildman–Crippen LogP) is 4.48. The number of aromatic nitrogens is 1. The van der Waals surface area contributed by atoms with Crippen molar-refractivity contribution in [1.29, 1.82) is 0 Å². The van der Waals surface area contributed by atoms with Crippen molar-refractivity contribution in [2.45, 2.75) is 62.3 Å². The lowest BCUT2D eigenvalue weighted by Crippen LogP contribution is -2.56. The molecule has 2 aromatic carbocycles.